The van der Waals surface area contributed by atoms with Gasteiger partial charge < -0.3 is 14.6 Å². The summed E-state index contributed by atoms with van der Waals surface area (Å²) in [5.74, 6) is -1.58. The zero-order chi connectivity index (χ0) is 22.1. The first-order valence-electron chi connectivity index (χ1n) is 9.43. The molecule has 0 aliphatic carbocycles. The first kappa shape index (κ1) is 20.0. The molecular formula is C22H17N3O6. The standard InChI is InChI=1S/C22H17N3O6/c1-3-30-22(29)14-5-4-6-15(10-14)23-19(26)13-7-8-16-17(11-13)21(28)25(20(16)27)18-9-12(2)31-24-18/h4-11H,3H2,1-2H3,(H,23,26). The van der Waals surface area contributed by atoms with Crippen molar-refractivity contribution in [3.63, 3.8) is 0 Å². The van der Waals surface area contributed by atoms with Crippen molar-refractivity contribution < 1.29 is 28.4 Å². The van der Waals surface area contributed by atoms with Crippen LogP contribution in [-0.4, -0.2) is 35.5 Å². The van der Waals surface area contributed by atoms with E-state index in [1.54, 1.807) is 32.0 Å². The number of imide groups is 1. The minimum absolute atomic E-state index is 0.0884. The fourth-order valence-electron chi connectivity index (χ4n) is 3.19. The summed E-state index contributed by atoms with van der Waals surface area (Å²) in [7, 11) is 0. The lowest BCUT2D eigenvalue weighted by Crippen LogP contribution is -2.29. The number of aryl methyl sites for hydroxylation is 1. The van der Waals surface area contributed by atoms with Crippen LogP contribution >= 0.6 is 0 Å². The summed E-state index contributed by atoms with van der Waals surface area (Å²) in [6.07, 6.45) is 0. The summed E-state index contributed by atoms with van der Waals surface area (Å²) in [5.41, 5.74) is 1.13. The number of benzene rings is 2. The number of fused-ring (bicyclic) bond motifs is 1. The Labute approximate surface area is 176 Å². The molecule has 1 N–H and O–H groups in total. The van der Waals surface area contributed by atoms with Crippen molar-refractivity contribution in [2.45, 2.75) is 13.8 Å². The number of esters is 1. The number of nitrogens with one attached hydrogen (secondary N) is 1. The SMILES string of the molecule is CCOC(=O)c1cccc(NC(=O)c2ccc3c(c2)C(=O)N(c2cc(C)on2)C3=O)c1. The largest absolute Gasteiger partial charge is 0.462 e. The van der Waals surface area contributed by atoms with Crippen LogP contribution in [0.5, 0.6) is 0 Å². The zero-order valence-corrected chi connectivity index (χ0v) is 16.7. The Balaban J connectivity index is 1.57. The van der Waals surface area contributed by atoms with Crippen molar-refractivity contribution >= 4 is 35.2 Å². The van der Waals surface area contributed by atoms with Crippen LogP contribution < -0.4 is 10.2 Å². The van der Waals surface area contributed by atoms with Crippen LogP contribution in [0.25, 0.3) is 0 Å². The number of carbonyl (C=O) groups is 4. The molecule has 0 spiro atoms. The van der Waals surface area contributed by atoms with E-state index >= 15 is 0 Å². The molecule has 0 saturated heterocycles. The van der Waals surface area contributed by atoms with Crippen LogP contribution in [0, 0.1) is 6.92 Å². The highest BCUT2D eigenvalue weighted by molar-refractivity contribution is 6.34. The van der Waals surface area contributed by atoms with E-state index in [0.717, 1.165) is 4.90 Å². The van der Waals surface area contributed by atoms with E-state index in [4.69, 9.17) is 9.26 Å². The number of amides is 3. The minimum atomic E-state index is -0.591. The molecule has 1 aromatic heterocycles. The smallest absolute Gasteiger partial charge is 0.338 e. The number of nitrogens with zero attached hydrogens (tertiary/aromatic N) is 2. The number of hydrogen-bond acceptors (Lipinski definition) is 7. The van der Waals surface area contributed by atoms with Crippen molar-refractivity contribution in [2.75, 3.05) is 16.8 Å². The number of anilines is 2. The van der Waals surface area contributed by atoms with E-state index in [1.807, 2.05) is 0 Å². The number of ether oxygens (including phenoxy) is 1. The monoisotopic (exact) mass is 419 g/mol. The Morgan fingerprint density at radius 1 is 1.03 bits per heavy atom. The van der Waals surface area contributed by atoms with Gasteiger partial charge in [0.1, 0.15) is 5.76 Å². The van der Waals surface area contributed by atoms with Crippen molar-refractivity contribution in [3.05, 3.63) is 76.5 Å². The van der Waals surface area contributed by atoms with Gasteiger partial charge >= 0.3 is 5.97 Å². The van der Waals surface area contributed by atoms with Crippen LogP contribution in [-0.2, 0) is 4.74 Å². The van der Waals surface area contributed by atoms with Gasteiger partial charge in [0.25, 0.3) is 17.7 Å². The molecule has 9 heteroatoms. The first-order chi connectivity index (χ1) is 14.9. The van der Waals surface area contributed by atoms with Gasteiger partial charge in [-0.1, -0.05) is 11.2 Å². The molecule has 2 heterocycles. The van der Waals surface area contributed by atoms with Crippen LogP contribution in [0.15, 0.2) is 53.1 Å². The van der Waals surface area contributed by atoms with Crippen molar-refractivity contribution in [2.24, 2.45) is 0 Å². The first-order valence-corrected chi connectivity index (χ1v) is 9.43. The molecule has 1 aliphatic heterocycles. The van der Waals surface area contributed by atoms with Crippen LogP contribution in [0.1, 0.15) is 54.1 Å². The lowest BCUT2D eigenvalue weighted by atomic mass is 10.1. The zero-order valence-electron chi connectivity index (χ0n) is 16.7. The molecule has 156 valence electrons. The summed E-state index contributed by atoms with van der Waals surface area (Å²) in [6.45, 7) is 3.59. The predicted octanol–water partition coefficient (Wildman–Crippen LogP) is 3.21. The highest BCUT2D eigenvalue weighted by atomic mass is 16.5. The number of aromatic nitrogens is 1. The van der Waals surface area contributed by atoms with Gasteiger partial charge in [0, 0.05) is 17.3 Å². The van der Waals surface area contributed by atoms with Gasteiger partial charge in [-0.3, -0.25) is 14.4 Å². The van der Waals surface area contributed by atoms with Gasteiger partial charge in [-0.05, 0) is 50.2 Å². The minimum Gasteiger partial charge on any atom is -0.462 e. The molecule has 0 bridgehead atoms. The maximum atomic E-state index is 12.8. The topological polar surface area (TPSA) is 119 Å². The van der Waals surface area contributed by atoms with Gasteiger partial charge in [0.15, 0.2) is 5.82 Å². The fraction of sp³-hybridized carbons (Fsp3) is 0.136. The third kappa shape index (κ3) is 3.68. The number of hydrogen-bond donors (Lipinski definition) is 1. The van der Waals surface area contributed by atoms with Crippen LogP contribution in [0.4, 0.5) is 11.5 Å². The normalized spacial score (nSPS) is 12.6. The average molecular weight is 419 g/mol. The summed E-state index contributed by atoms with van der Waals surface area (Å²) < 4.78 is 9.90. The molecule has 31 heavy (non-hydrogen) atoms. The molecule has 4 rings (SSSR count). The van der Waals surface area contributed by atoms with Gasteiger partial charge in [-0.2, -0.15) is 0 Å². The summed E-state index contributed by atoms with van der Waals surface area (Å²) in [6, 6.07) is 12.0. The highest BCUT2D eigenvalue weighted by Crippen LogP contribution is 2.29. The molecule has 0 saturated carbocycles. The molecule has 1 aliphatic rings. The van der Waals surface area contributed by atoms with E-state index in [2.05, 4.69) is 10.5 Å². The lowest BCUT2D eigenvalue weighted by Gasteiger charge is -2.08. The van der Waals surface area contributed by atoms with Gasteiger partial charge in [0.2, 0.25) is 0 Å². The lowest BCUT2D eigenvalue weighted by molar-refractivity contribution is 0.0526. The van der Waals surface area contributed by atoms with Crippen molar-refractivity contribution in [1.82, 2.24) is 5.16 Å². The van der Waals surface area contributed by atoms with Crippen LogP contribution in [0.3, 0.4) is 0 Å². The van der Waals surface area contributed by atoms with Crippen LogP contribution in [0.2, 0.25) is 0 Å². The molecular weight excluding hydrogens is 402 g/mol. The quantitative estimate of drug-likeness (QED) is 0.498. The third-order valence-corrected chi connectivity index (χ3v) is 4.62. The second-order valence-corrected chi connectivity index (χ2v) is 6.76. The van der Waals surface area contributed by atoms with Crippen molar-refractivity contribution in [3.8, 4) is 0 Å². The third-order valence-electron chi connectivity index (χ3n) is 4.62. The Morgan fingerprint density at radius 2 is 1.81 bits per heavy atom. The molecule has 2 aromatic carbocycles. The molecule has 9 nitrogen and oxygen atoms in total. The van der Waals surface area contributed by atoms with E-state index in [9.17, 15) is 19.2 Å². The Morgan fingerprint density at radius 3 is 2.52 bits per heavy atom. The van der Waals surface area contributed by atoms with Gasteiger partial charge in [-0.25, -0.2) is 9.69 Å². The summed E-state index contributed by atoms with van der Waals surface area (Å²) >= 11 is 0. The molecule has 3 aromatic rings. The Kier molecular flexibility index (Phi) is 5.08. The van der Waals surface area contributed by atoms with Crippen molar-refractivity contribution in [1.29, 1.82) is 0 Å². The predicted molar refractivity (Wildman–Crippen MR) is 109 cm³/mol. The Hall–Kier alpha value is -4.27. The van der Waals surface area contributed by atoms with Gasteiger partial charge in [0.05, 0.1) is 23.3 Å². The fourth-order valence-corrected chi connectivity index (χ4v) is 3.19. The maximum Gasteiger partial charge on any atom is 0.338 e. The molecule has 0 fully saturated rings. The number of carbonyl (C=O) groups excluding carboxylic acids is 4. The van der Waals surface area contributed by atoms with E-state index in [0.29, 0.717) is 17.0 Å². The second-order valence-electron chi connectivity index (χ2n) is 6.76. The molecule has 3 amide bonds. The summed E-state index contributed by atoms with van der Waals surface area (Å²) in [4.78, 5) is 50.9. The Bertz CT molecular complexity index is 1230. The maximum absolute atomic E-state index is 12.8. The van der Waals surface area contributed by atoms with Gasteiger partial charge in [-0.15, -0.1) is 0 Å². The molecule has 0 unspecified atom stereocenters. The van der Waals surface area contributed by atoms with E-state index in [-0.39, 0.29) is 29.1 Å². The average Bonchev–Trinajstić information content (AvgIpc) is 3.29. The second kappa shape index (κ2) is 7.86. The summed E-state index contributed by atoms with van der Waals surface area (Å²) in [5, 5.41) is 6.40. The van der Waals surface area contributed by atoms with E-state index < -0.39 is 23.7 Å². The molecule has 0 atom stereocenters. The number of rotatable bonds is 5. The highest BCUT2D eigenvalue weighted by Gasteiger charge is 2.38. The molecule has 0 radical (unpaired) electrons. The van der Waals surface area contributed by atoms with E-state index in [1.165, 1.54) is 30.3 Å².